The fraction of sp³-hybridized carbons (Fsp3) is 0.333. The Morgan fingerprint density at radius 3 is 2.73 bits per heavy atom. The highest BCUT2D eigenvalue weighted by Gasteiger charge is 2.26. The zero-order chi connectivity index (χ0) is 11.1. The minimum Gasteiger partial charge on any atom is -0.464 e. The van der Waals surface area contributed by atoms with E-state index in [0.29, 0.717) is 11.1 Å². The average Bonchev–Trinajstić information content (AvgIpc) is 2.64. The molecule has 3 heteroatoms. The van der Waals surface area contributed by atoms with Gasteiger partial charge in [-0.25, -0.2) is 4.39 Å². The predicted molar refractivity (Wildman–Crippen MR) is 56.3 cm³/mol. The summed E-state index contributed by atoms with van der Waals surface area (Å²) in [7, 11) is 0. The van der Waals surface area contributed by atoms with E-state index in [-0.39, 0.29) is 12.4 Å². The van der Waals surface area contributed by atoms with Crippen molar-refractivity contribution in [3.05, 3.63) is 35.8 Å². The molecule has 0 saturated heterocycles. The van der Waals surface area contributed by atoms with Gasteiger partial charge in [-0.05, 0) is 18.2 Å². The second kappa shape index (κ2) is 3.35. The quantitative estimate of drug-likeness (QED) is 0.823. The minimum atomic E-state index is -0.604. The molecule has 2 rings (SSSR count). The maximum absolute atomic E-state index is 13.7. The number of rotatable bonds is 2. The van der Waals surface area contributed by atoms with Crippen LogP contribution < -0.4 is 0 Å². The number of aliphatic hydroxyl groups excluding tert-OH is 1. The molecule has 0 aliphatic rings. The summed E-state index contributed by atoms with van der Waals surface area (Å²) in [4.78, 5) is 0. The van der Waals surface area contributed by atoms with Crippen molar-refractivity contribution in [3.8, 4) is 0 Å². The highest BCUT2D eigenvalue weighted by atomic mass is 19.1. The monoisotopic (exact) mass is 208 g/mol. The van der Waals surface area contributed by atoms with Crippen LogP contribution in [0.25, 0.3) is 11.0 Å². The van der Waals surface area contributed by atoms with Crippen molar-refractivity contribution in [1.82, 2.24) is 0 Å². The van der Waals surface area contributed by atoms with Gasteiger partial charge in [0, 0.05) is 16.4 Å². The Morgan fingerprint density at radius 1 is 1.33 bits per heavy atom. The van der Waals surface area contributed by atoms with Gasteiger partial charge in [0.15, 0.2) is 0 Å². The van der Waals surface area contributed by atoms with E-state index in [1.165, 1.54) is 12.3 Å². The second-order valence-electron chi connectivity index (χ2n) is 4.30. The van der Waals surface area contributed by atoms with Crippen molar-refractivity contribution in [3.63, 3.8) is 0 Å². The summed E-state index contributed by atoms with van der Waals surface area (Å²) in [5.74, 6) is -0.303. The summed E-state index contributed by atoms with van der Waals surface area (Å²) in [6.45, 7) is 3.50. The third-order valence-corrected chi connectivity index (χ3v) is 2.66. The molecule has 2 aromatic rings. The SMILES string of the molecule is CC(C)(CO)c1c(F)ccc2occc12. The van der Waals surface area contributed by atoms with E-state index >= 15 is 0 Å². The fourth-order valence-corrected chi connectivity index (χ4v) is 1.78. The van der Waals surface area contributed by atoms with Crippen LogP contribution in [0.1, 0.15) is 19.4 Å². The lowest BCUT2D eigenvalue weighted by Gasteiger charge is -2.23. The first-order chi connectivity index (χ1) is 7.06. The van der Waals surface area contributed by atoms with Gasteiger partial charge in [-0.2, -0.15) is 0 Å². The fourth-order valence-electron chi connectivity index (χ4n) is 1.78. The molecule has 0 aliphatic carbocycles. The Morgan fingerprint density at radius 2 is 2.07 bits per heavy atom. The molecule has 1 aromatic heterocycles. The highest BCUT2D eigenvalue weighted by molar-refractivity contribution is 5.82. The molecule has 15 heavy (non-hydrogen) atoms. The molecule has 1 heterocycles. The van der Waals surface area contributed by atoms with Crippen LogP contribution in [-0.4, -0.2) is 11.7 Å². The predicted octanol–water partition coefficient (Wildman–Crippen LogP) is 2.84. The maximum atomic E-state index is 13.7. The van der Waals surface area contributed by atoms with Gasteiger partial charge in [0.05, 0.1) is 12.9 Å². The normalized spacial score (nSPS) is 12.3. The minimum absolute atomic E-state index is 0.103. The Bertz CT molecular complexity index is 485. The Hall–Kier alpha value is -1.35. The number of hydrogen-bond acceptors (Lipinski definition) is 2. The van der Waals surface area contributed by atoms with Gasteiger partial charge in [0.2, 0.25) is 0 Å². The maximum Gasteiger partial charge on any atom is 0.134 e. The van der Waals surface area contributed by atoms with Crippen LogP contribution in [-0.2, 0) is 5.41 Å². The van der Waals surface area contributed by atoms with Gasteiger partial charge >= 0.3 is 0 Å². The van der Waals surface area contributed by atoms with Crippen LogP contribution in [0.4, 0.5) is 4.39 Å². The van der Waals surface area contributed by atoms with Crippen LogP contribution >= 0.6 is 0 Å². The standard InChI is InChI=1S/C12H13FO2/c1-12(2,7-14)11-8-5-6-15-10(8)4-3-9(11)13/h3-6,14H,7H2,1-2H3. The number of aliphatic hydroxyl groups is 1. The van der Waals surface area contributed by atoms with E-state index in [1.54, 1.807) is 26.0 Å². The topological polar surface area (TPSA) is 33.4 Å². The zero-order valence-electron chi connectivity index (χ0n) is 8.75. The van der Waals surface area contributed by atoms with Crippen molar-refractivity contribution in [2.24, 2.45) is 0 Å². The molecule has 0 radical (unpaired) electrons. The van der Waals surface area contributed by atoms with E-state index in [2.05, 4.69) is 0 Å². The van der Waals surface area contributed by atoms with E-state index in [9.17, 15) is 9.50 Å². The first-order valence-electron chi connectivity index (χ1n) is 4.83. The third-order valence-electron chi connectivity index (χ3n) is 2.66. The number of hydrogen-bond donors (Lipinski definition) is 1. The molecule has 0 aliphatic heterocycles. The van der Waals surface area contributed by atoms with Crippen LogP contribution in [0.5, 0.6) is 0 Å². The largest absolute Gasteiger partial charge is 0.464 e. The summed E-state index contributed by atoms with van der Waals surface area (Å²) in [5, 5.41) is 10.0. The van der Waals surface area contributed by atoms with Crippen LogP contribution in [0, 0.1) is 5.82 Å². The lowest BCUT2D eigenvalue weighted by atomic mass is 9.83. The molecule has 80 valence electrons. The van der Waals surface area contributed by atoms with Crippen molar-refractivity contribution in [2.75, 3.05) is 6.61 Å². The lowest BCUT2D eigenvalue weighted by Crippen LogP contribution is -2.23. The van der Waals surface area contributed by atoms with E-state index in [4.69, 9.17) is 4.42 Å². The Balaban J connectivity index is 2.77. The lowest BCUT2D eigenvalue weighted by molar-refractivity contribution is 0.216. The molecule has 2 nitrogen and oxygen atoms in total. The van der Waals surface area contributed by atoms with Gasteiger partial charge in [0.1, 0.15) is 11.4 Å². The van der Waals surface area contributed by atoms with Crippen LogP contribution in [0.15, 0.2) is 28.9 Å². The third kappa shape index (κ3) is 1.53. The van der Waals surface area contributed by atoms with E-state index < -0.39 is 5.41 Å². The van der Waals surface area contributed by atoms with Crippen molar-refractivity contribution in [2.45, 2.75) is 19.3 Å². The Kier molecular flexibility index (Phi) is 2.27. The Labute approximate surface area is 87.3 Å². The first-order valence-corrected chi connectivity index (χ1v) is 4.83. The van der Waals surface area contributed by atoms with Crippen LogP contribution in [0.2, 0.25) is 0 Å². The van der Waals surface area contributed by atoms with Crippen molar-refractivity contribution < 1.29 is 13.9 Å². The molecular weight excluding hydrogens is 195 g/mol. The molecule has 1 N–H and O–H groups in total. The number of furan rings is 1. The summed E-state index contributed by atoms with van der Waals surface area (Å²) in [5.41, 5.74) is 0.553. The molecular formula is C12H13FO2. The van der Waals surface area contributed by atoms with Crippen molar-refractivity contribution >= 4 is 11.0 Å². The summed E-state index contributed by atoms with van der Waals surface area (Å²) >= 11 is 0. The van der Waals surface area contributed by atoms with Crippen molar-refractivity contribution in [1.29, 1.82) is 0 Å². The summed E-state index contributed by atoms with van der Waals surface area (Å²) in [6, 6.07) is 4.70. The summed E-state index contributed by atoms with van der Waals surface area (Å²) < 4.78 is 18.9. The first kappa shape index (κ1) is 10.2. The smallest absolute Gasteiger partial charge is 0.134 e. The second-order valence-corrected chi connectivity index (χ2v) is 4.30. The summed E-state index contributed by atoms with van der Waals surface area (Å²) in [6.07, 6.45) is 1.53. The zero-order valence-corrected chi connectivity index (χ0v) is 8.75. The van der Waals surface area contributed by atoms with E-state index in [1.807, 2.05) is 0 Å². The number of benzene rings is 1. The number of fused-ring (bicyclic) bond motifs is 1. The molecule has 0 saturated carbocycles. The van der Waals surface area contributed by atoms with Gasteiger partial charge in [-0.1, -0.05) is 13.8 Å². The van der Waals surface area contributed by atoms with Gasteiger partial charge in [-0.3, -0.25) is 0 Å². The highest BCUT2D eigenvalue weighted by Crippen LogP contribution is 2.32. The molecule has 1 aromatic carbocycles. The van der Waals surface area contributed by atoms with Gasteiger partial charge in [0.25, 0.3) is 0 Å². The molecule has 0 atom stereocenters. The van der Waals surface area contributed by atoms with Gasteiger partial charge < -0.3 is 9.52 Å². The molecule has 0 fully saturated rings. The van der Waals surface area contributed by atoms with Crippen LogP contribution in [0.3, 0.4) is 0 Å². The molecule has 0 bridgehead atoms. The molecule has 0 amide bonds. The number of halogens is 1. The average molecular weight is 208 g/mol. The molecule has 0 spiro atoms. The van der Waals surface area contributed by atoms with E-state index in [0.717, 1.165) is 5.39 Å². The molecule has 0 unspecified atom stereocenters. The van der Waals surface area contributed by atoms with Gasteiger partial charge in [-0.15, -0.1) is 0 Å².